The van der Waals surface area contributed by atoms with Gasteiger partial charge in [0, 0.05) is 5.56 Å². The molecule has 0 aliphatic rings. The number of aryl methyl sites for hydroxylation is 1. The van der Waals surface area contributed by atoms with Crippen LogP contribution in [0, 0.1) is 6.92 Å². The number of hydrogen-bond donors (Lipinski definition) is 0. The first kappa shape index (κ1) is 22.5. The molecule has 0 aliphatic heterocycles. The van der Waals surface area contributed by atoms with Crippen molar-refractivity contribution in [1.82, 2.24) is 9.55 Å². The van der Waals surface area contributed by atoms with Gasteiger partial charge in [0.15, 0.2) is 10.9 Å². The van der Waals surface area contributed by atoms with Gasteiger partial charge in [-0.2, -0.15) is 0 Å². The molecule has 7 nitrogen and oxygen atoms in total. The van der Waals surface area contributed by atoms with E-state index in [4.69, 9.17) is 9.15 Å². The molecule has 0 amide bonds. The molecule has 2 aromatic carbocycles. The third-order valence-electron chi connectivity index (χ3n) is 5.22. The molecule has 2 heterocycles. The first-order valence-corrected chi connectivity index (χ1v) is 11.2. The summed E-state index contributed by atoms with van der Waals surface area (Å²) in [5.41, 5.74) is 2.02. The van der Waals surface area contributed by atoms with E-state index in [1.807, 2.05) is 19.1 Å². The highest BCUT2D eigenvalue weighted by Gasteiger charge is 2.22. The first-order chi connectivity index (χ1) is 15.9. The lowest BCUT2D eigenvalue weighted by Crippen LogP contribution is -2.25. The minimum atomic E-state index is -0.518. The molecule has 0 spiro atoms. The maximum Gasteiger partial charge on any atom is 0.337 e. The van der Waals surface area contributed by atoms with E-state index in [0.29, 0.717) is 32.9 Å². The van der Waals surface area contributed by atoms with Gasteiger partial charge in [-0.05, 0) is 44.2 Å². The van der Waals surface area contributed by atoms with Gasteiger partial charge in [0.05, 0.1) is 41.6 Å². The van der Waals surface area contributed by atoms with Crippen LogP contribution < -0.4 is 5.56 Å². The summed E-state index contributed by atoms with van der Waals surface area (Å²) < 4.78 is 11.7. The second kappa shape index (κ2) is 9.46. The molecule has 33 heavy (non-hydrogen) atoms. The van der Waals surface area contributed by atoms with E-state index in [0.717, 1.165) is 5.56 Å². The van der Waals surface area contributed by atoms with Crippen molar-refractivity contribution in [3.8, 4) is 0 Å². The lowest BCUT2D eigenvalue weighted by molar-refractivity contribution is 0.0600. The summed E-state index contributed by atoms with van der Waals surface area (Å²) in [6.45, 7) is 3.91. The predicted octanol–water partition coefficient (Wildman–Crippen LogP) is 4.50. The van der Waals surface area contributed by atoms with E-state index in [9.17, 15) is 14.4 Å². The van der Waals surface area contributed by atoms with E-state index in [1.165, 1.54) is 41.8 Å². The molecule has 0 fully saturated rings. The van der Waals surface area contributed by atoms with Gasteiger partial charge in [0.2, 0.25) is 0 Å². The third-order valence-corrected chi connectivity index (χ3v) is 6.31. The zero-order chi connectivity index (χ0) is 23.5. The molecule has 1 unspecified atom stereocenters. The summed E-state index contributed by atoms with van der Waals surface area (Å²) in [5.74, 6) is 0.00147. The molecule has 1 atom stereocenters. The highest BCUT2D eigenvalue weighted by atomic mass is 32.2. The lowest BCUT2D eigenvalue weighted by Gasteiger charge is -2.16. The van der Waals surface area contributed by atoms with E-state index in [2.05, 4.69) is 4.98 Å². The SMILES string of the molecule is COC(=O)c1ccc2c(=O)n(Cc3ccco3)c(SC(C)C(=O)c3ccc(C)cc3)nc2c1. The summed E-state index contributed by atoms with van der Waals surface area (Å²) in [7, 11) is 1.29. The van der Waals surface area contributed by atoms with E-state index in [1.54, 1.807) is 37.3 Å². The van der Waals surface area contributed by atoms with Crippen molar-refractivity contribution in [2.75, 3.05) is 7.11 Å². The van der Waals surface area contributed by atoms with Crippen molar-refractivity contribution in [3.05, 3.63) is 93.7 Å². The average Bonchev–Trinajstić information content (AvgIpc) is 3.34. The number of benzene rings is 2. The molecule has 0 aliphatic carbocycles. The van der Waals surface area contributed by atoms with E-state index < -0.39 is 11.2 Å². The molecule has 2 aromatic heterocycles. The molecule has 0 radical (unpaired) electrons. The van der Waals surface area contributed by atoms with Crippen molar-refractivity contribution in [1.29, 1.82) is 0 Å². The molecule has 4 aromatic rings. The molecule has 0 saturated heterocycles. The molecule has 0 saturated carbocycles. The number of aromatic nitrogens is 2. The minimum Gasteiger partial charge on any atom is -0.467 e. The van der Waals surface area contributed by atoms with Gasteiger partial charge in [-0.25, -0.2) is 9.78 Å². The lowest BCUT2D eigenvalue weighted by atomic mass is 10.1. The van der Waals surface area contributed by atoms with Crippen molar-refractivity contribution in [2.24, 2.45) is 0 Å². The number of fused-ring (bicyclic) bond motifs is 1. The number of ketones is 1. The van der Waals surface area contributed by atoms with Gasteiger partial charge in [0.1, 0.15) is 5.76 Å². The number of furan rings is 1. The topological polar surface area (TPSA) is 91.4 Å². The summed E-state index contributed by atoms with van der Waals surface area (Å²) in [5, 5.41) is 0.221. The first-order valence-electron chi connectivity index (χ1n) is 10.3. The Kier molecular flexibility index (Phi) is 6.46. The molecule has 0 bridgehead atoms. The fraction of sp³-hybridized carbons (Fsp3) is 0.200. The quantitative estimate of drug-likeness (QED) is 0.173. The number of nitrogens with zero attached hydrogens (tertiary/aromatic N) is 2. The van der Waals surface area contributed by atoms with Gasteiger partial charge < -0.3 is 9.15 Å². The smallest absolute Gasteiger partial charge is 0.337 e. The Balaban J connectivity index is 1.77. The number of carbonyl (C=O) groups excluding carboxylic acids is 2. The molecule has 8 heteroatoms. The zero-order valence-electron chi connectivity index (χ0n) is 18.4. The number of carbonyl (C=O) groups is 2. The maximum absolute atomic E-state index is 13.4. The fourth-order valence-electron chi connectivity index (χ4n) is 3.40. The van der Waals surface area contributed by atoms with Gasteiger partial charge in [0.25, 0.3) is 5.56 Å². The summed E-state index contributed by atoms with van der Waals surface area (Å²) in [6, 6.07) is 15.5. The van der Waals surface area contributed by atoms with Crippen LogP contribution in [0.4, 0.5) is 0 Å². The van der Waals surface area contributed by atoms with Crippen LogP contribution in [-0.4, -0.2) is 33.7 Å². The highest BCUT2D eigenvalue weighted by Crippen LogP contribution is 2.26. The highest BCUT2D eigenvalue weighted by molar-refractivity contribution is 8.00. The van der Waals surface area contributed by atoms with E-state index >= 15 is 0 Å². The van der Waals surface area contributed by atoms with E-state index in [-0.39, 0.29) is 17.9 Å². The number of methoxy groups -OCH3 is 1. The van der Waals surface area contributed by atoms with Crippen LogP contribution in [0.25, 0.3) is 10.9 Å². The predicted molar refractivity (Wildman–Crippen MR) is 126 cm³/mol. The van der Waals surface area contributed by atoms with Gasteiger partial charge >= 0.3 is 5.97 Å². The number of hydrogen-bond acceptors (Lipinski definition) is 7. The largest absolute Gasteiger partial charge is 0.467 e. The Morgan fingerprint density at radius 1 is 1.12 bits per heavy atom. The van der Waals surface area contributed by atoms with Crippen LogP contribution in [0.3, 0.4) is 0 Å². The van der Waals surface area contributed by atoms with Crippen LogP contribution in [0.15, 0.2) is 75.2 Å². The number of Topliss-reactive ketones (excluding diaryl/α,β-unsaturated/α-hetero) is 1. The van der Waals surface area contributed by atoms with Crippen molar-refractivity contribution in [2.45, 2.75) is 30.8 Å². The Labute approximate surface area is 194 Å². The second-order valence-electron chi connectivity index (χ2n) is 7.58. The van der Waals surface area contributed by atoms with Crippen LogP contribution >= 0.6 is 11.8 Å². The van der Waals surface area contributed by atoms with Crippen molar-refractivity contribution in [3.63, 3.8) is 0 Å². The summed E-state index contributed by atoms with van der Waals surface area (Å²) in [4.78, 5) is 43.0. The van der Waals surface area contributed by atoms with Gasteiger partial charge in [-0.3, -0.25) is 14.2 Å². The van der Waals surface area contributed by atoms with Crippen LogP contribution in [0.5, 0.6) is 0 Å². The summed E-state index contributed by atoms with van der Waals surface area (Å²) >= 11 is 1.19. The third kappa shape index (κ3) is 4.75. The minimum absolute atomic E-state index is 0.0674. The molecular formula is C25H22N2O5S. The number of rotatable bonds is 7. The Morgan fingerprint density at radius 3 is 2.52 bits per heavy atom. The van der Waals surface area contributed by atoms with Crippen molar-refractivity contribution >= 4 is 34.4 Å². The Hall–Kier alpha value is -3.65. The van der Waals surface area contributed by atoms with Gasteiger partial charge in [-0.15, -0.1) is 0 Å². The molecule has 168 valence electrons. The van der Waals surface area contributed by atoms with Crippen LogP contribution in [0.1, 0.15) is 39.0 Å². The zero-order valence-corrected chi connectivity index (χ0v) is 19.2. The normalized spacial score (nSPS) is 12.0. The Morgan fingerprint density at radius 2 is 1.85 bits per heavy atom. The van der Waals surface area contributed by atoms with Crippen LogP contribution in [-0.2, 0) is 11.3 Å². The van der Waals surface area contributed by atoms with Gasteiger partial charge in [-0.1, -0.05) is 41.6 Å². The number of ether oxygens (including phenoxy) is 1. The summed E-state index contributed by atoms with van der Waals surface area (Å²) in [6.07, 6.45) is 1.54. The fourth-order valence-corrected chi connectivity index (χ4v) is 4.38. The standard InChI is InChI=1S/C25H22N2O5S/c1-15-6-8-17(9-7-15)22(28)16(2)33-25-26-21-13-18(24(30)31-3)10-11-20(21)23(29)27(25)14-19-5-4-12-32-19/h4-13,16H,14H2,1-3H3. The number of thioether (sulfide) groups is 1. The molecule has 0 N–H and O–H groups in total. The maximum atomic E-state index is 13.4. The average molecular weight is 463 g/mol. The second-order valence-corrected chi connectivity index (χ2v) is 8.89. The molecule has 4 rings (SSSR count). The monoisotopic (exact) mass is 462 g/mol. The Bertz CT molecular complexity index is 1370. The number of esters is 1. The van der Waals surface area contributed by atoms with Crippen molar-refractivity contribution < 1.29 is 18.7 Å². The van der Waals surface area contributed by atoms with Crippen LogP contribution in [0.2, 0.25) is 0 Å². The molecular weight excluding hydrogens is 440 g/mol.